The van der Waals surface area contributed by atoms with Crippen LogP contribution in [0.1, 0.15) is 140 Å². The number of nitrogen functional groups attached to an aromatic ring is 1. The van der Waals surface area contributed by atoms with Gasteiger partial charge in [0.2, 0.25) is 52.7 Å². The number of aryl methyl sites for hydroxylation is 1. The zero-order valence-corrected chi connectivity index (χ0v) is 54.7. The number of rotatable bonds is 10. The number of hydrogen-bond donors (Lipinski definition) is 3. The van der Waals surface area contributed by atoms with E-state index >= 15 is 9.59 Å². The van der Waals surface area contributed by atoms with E-state index in [1.54, 1.807) is 68.4 Å². The third-order valence-corrected chi connectivity index (χ3v) is 18.4. The monoisotopic (exact) mass is 1250 g/mol. The van der Waals surface area contributed by atoms with E-state index in [4.69, 9.17) is 19.6 Å². The third kappa shape index (κ3) is 13.9. The minimum atomic E-state index is -1.60. The van der Waals surface area contributed by atoms with E-state index in [1.807, 2.05) is 0 Å². The summed E-state index contributed by atoms with van der Waals surface area (Å²) in [5, 5.41) is 5.73. The molecule has 4 saturated heterocycles. The van der Waals surface area contributed by atoms with Crippen LogP contribution in [0.3, 0.4) is 0 Å². The summed E-state index contributed by atoms with van der Waals surface area (Å²) in [6.07, 6.45) is -2.73. The molecule has 0 spiro atoms. The second-order valence-electron chi connectivity index (χ2n) is 26.3. The molecular formula is C65H89N9O16. The summed E-state index contributed by atoms with van der Waals surface area (Å²) in [6.45, 7) is 19.0. The largest absolute Gasteiger partial charge is 0.460 e. The fourth-order valence-electron chi connectivity index (χ4n) is 13.0. The second kappa shape index (κ2) is 27.9. The van der Waals surface area contributed by atoms with Crippen LogP contribution in [0.15, 0.2) is 27.4 Å². The van der Waals surface area contributed by atoms with Crippen molar-refractivity contribution in [2.75, 3.05) is 60.1 Å². The molecular weight excluding hydrogens is 1160 g/mol. The summed E-state index contributed by atoms with van der Waals surface area (Å²) >= 11 is 0. The molecule has 4 fully saturated rings. The lowest BCUT2D eigenvalue weighted by Crippen LogP contribution is -2.58. The van der Waals surface area contributed by atoms with E-state index in [0.29, 0.717) is 31.2 Å². The van der Waals surface area contributed by atoms with E-state index in [-0.39, 0.29) is 46.5 Å². The van der Waals surface area contributed by atoms with Crippen LogP contribution in [0, 0.1) is 49.4 Å². The Morgan fingerprint density at radius 3 is 1.43 bits per heavy atom. The predicted molar refractivity (Wildman–Crippen MR) is 330 cm³/mol. The lowest BCUT2D eigenvalue weighted by Gasteiger charge is -2.36. The Bertz CT molecular complexity index is 3410. The third-order valence-electron chi connectivity index (χ3n) is 18.4. The number of amides is 8. The molecule has 10 atom stereocenters. The molecule has 0 bridgehead atoms. The van der Waals surface area contributed by atoms with Crippen LogP contribution in [0.25, 0.3) is 22.3 Å². The zero-order valence-electron chi connectivity index (χ0n) is 54.7. The van der Waals surface area contributed by atoms with E-state index in [2.05, 4.69) is 10.6 Å². The zero-order chi connectivity index (χ0) is 67.0. The summed E-state index contributed by atoms with van der Waals surface area (Å²) in [5.74, 6) is -13.9. The molecule has 8 amide bonds. The Kier molecular flexibility index (Phi) is 21.4. The van der Waals surface area contributed by atoms with Crippen molar-refractivity contribution < 1.29 is 71.4 Å². The minimum absolute atomic E-state index is 0.0142. The van der Waals surface area contributed by atoms with Crippen molar-refractivity contribution in [3.63, 3.8) is 0 Å². The smallest absolute Gasteiger partial charge is 0.329 e. The van der Waals surface area contributed by atoms with Crippen LogP contribution in [-0.2, 0) is 57.4 Å². The molecule has 1 aliphatic carbocycles. The summed E-state index contributed by atoms with van der Waals surface area (Å²) in [4.78, 5) is 195. The van der Waals surface area contributed by atoms with Crippen molar-refractivity contribution in [2.24, 2.45) is 35.5 Å². The fraction of sp³-hybridized carbons (Fsp3) is 0.615. The molecule has 5 aliphatic heterocycles. The first-order valence-electron chi connectivity index (χ1n) is 31.1. The maximum Gasteiger partial charge on any atom is 0.329 e. The molecule has 490 valence electrons. The summed E-state index contributed by atoms with van der Waals surface area (Å²) in [6, 6.07) is -2.31. The number of nitrogens with one attached hydrogen (secondary N) is 2. The number of ether oxygens (including phenoxy) is 2. The fourth-order valence-corrected chi connectivity index (χ4v) is 13.0. The average molecular weight is 1250 g/mol. The Morgan fingerprint density at radius 2 is 1.02 bits per heavy atom. The molecule has 25 heteroatoms. The van der Waals surface area contributed by atoms with Crippen LogP contribution in [0.2, 0.25) is 0 Å². The van der Waals surface area contributed by atoms with Crippen LogP contribution in [0.4, 0.5) is 5.69 Å². The molecule has 0 radical (unpaired) electrons. The van der Waals surface area contributed by atoms with E-state index < -0.39 is 197 Å². The number of esters is 2. The van der Waals surface area contributed by atoms with Crippen molar-refractivity contribution in [2.45, 2.75) is 170 Å². The molecule has 5 heterocycles. The molecule has 0 aromatic heterocycles. The van der Waals surface area contributed by atoms with Crippen molar-refractivity contribution in [3.05, 3.63) is 50.7 Å². The summed E-state index contributed by atoms with van der Waals surface area (Å²) in [7, 11) is 5.67. The molecule has 6 aliphatic rings. The number of anilines is 1. The van der Waals surface area contributed by atoms with Gasteiger partial charge in [0.15, 0.2) is 11.6 Å². The first-order chi connectivity index (χ1) is 42.1. The van der Waals surface area contributed by atoms with Crippen molar-refractivity contribution >= 4 is 87.4 Å². The number of hydrogen-bond acceptors (Lipinski definition) is 17. The Hall–Kier alpha value is -8.25. The van der Waals surface area contributed by atoms with Gasteiger partial charge in [-0.3, -0.25) is 52.7 Å². The van der Waals surface area contributed by atoms with E-state index in [1.165, 1.54) is 85.6 Å². The van der Waals surface area contributed by atoms with Crippen LogP contribution >= 0.6 is 0 Å². The van der Waals surface area contributed by atoms with Gasteiger partial charge in [-0.1, -0.05) is 67.5 Å². The maximum absolute atomic E-state index is 15.3. The number of benzene rings is 2. The number of likely N-dealkylation sites (N-methyl/N-ethyl adjacent to an activating group) is 4. The number of nitrogens with two attached hydrogens (primary N) is 1. The molecule has 0 saturated carbocycles. The lowest BCUT2D eigenvalue weighted by atomic mass is 9.86. The highest BCUT2D eigenvalue weighted by molar-refractivity contribution is 6.13. The number of Topliss-reactive ketones (excluding diaryl/α,β-unsaturated/α-hetero) is 2. The number of carbonyl (C=O) groups excluding carboxylic acids is 12. The van der Waals surface area contributed by atoms with Gasteiger partial charge in [0, 0.05) is 76.2 Å². The van der Waals surface area contributed by atoms with E-state index in [0.717, 1.165) is 4.90 Å². The average Bonchev–Trinajstić information content (AvgIpc) is 0.893. The number of fused-ring (bicyclic) bond motifs is 4. The maximum atomic E-state index is 15.3. The topological polar surface area (TPSA) is 323 Å². The number of carbonyl (C=O) groups is 12. The number of ketones is 2. The second-order valence-corrected chi connectivity index (χ2v) is 26.3. The van der Waals surface area contributed by atoms with Gasteiger partial charge in [0.1, 0.15) is 59.8 Å². The molecule has 25 nitrogen and oxygen atoms in total. The lowest BCUT2D eigenvalue weighted by molar-refractivity contribution is -0.165. The van der Waals surface area contributed by atoms with Gasteiger partial charge in [-0.25, -0.2) is 9.59 Å². The number of nitrogens with zero attached hydrogens (tertiary/aromatic N) is 6. The van der Waals surface area contributed by atoms with Crippen LogP contribution in [-0.4, -0.2) is 203 Å². The standard InChI is InChI=1S/C65H89N9O16/c1-30(2)51-62(84)73-23-17-19-43(73)60(82)69(13)28-47(77)71(15)53(32(5)6)64(86)88-36(11)39(58(80)67-51)26-45(75)38-22-21-34(9)56-41(38)25-42-49(50(66)55(79)35(10)57(42)90-56)46(76)27-40-37(12)89-65(87)54(33(7)8)72(16)48(78)29-70(14)61(83)44-20-18-24-74(44)63(85)52(31(3)4)68-59(40)81/h21-22,25,30-33,36-37,39-40,43-44,51-54H,17-20,23-24,26-29,66H2,1-16H3,(H,67,80)(H,68,81). The normalized spacial score (nSPS) is 26.3. The Balaban J connectivity index is 1.32. The predicted octanol–water partition coefficient (Wildman–Crippen LogP) is 3.51. The first-order valence-corrected chi connectivity index (χ1v) is 31.1. The Labute approximate surface area is 524 Å². The van der Waals surface area contributed by atoms with Gasteiger partial charge in [0.25, 0.3) is 0 Å². The van der Waals surface area contributed by atoms with Gasteiger partial charge in [-0.15, -0.1) is 0 Å². The van der Waals surface area contributed by atoms with Crippen molar-refractivity contribution in [1.29, 1.82) is 0 Å². The number of cyclic esters (lactones) is 2. The summed E-state index contributed by atoms with van der Waals surface area (Å²) < 4.78 is 18.6. The highest BCUT2D eigenvalue weighted by Gasteiger charge is 2.46. The van der Waals surface area contributed by atoms with Gasteiger partial charge in [-0.05, 0) is 88.7 Å². The molecule has 1 aromatic rings. The quantitative estimate of drug-likeness (QED) is 0.113. The van der Waals surface area contributed by atoms with Crippen molar-refractivity contribution in [3.8, 4) is 11.3 Å². The molecule has 10 unspecified atom stereocenters. The minimum Gasteiger partial charge on any atom is -0.460 e. The van der Waals surface area contributed by atoms with Gasteiger partial charge in [0.05, 0.1) is 36.2 Å². The molecule has 7 rings (SSSR count). The molecule has 4 N–H and O–H groups in total. The van der Waals surface area contributed by atoms with Crippen LogP contribution in [0.5, 0.6) is 0 Å². The van der Waals surface area contributed by atoms with Gasteiger partial charge >= 0.3 is 11.9 Å². The summed E-state index contributed by atoms with van der Waals surface area (Å²) in [5.41, 5.74) is 5.35. The van der Waals surface area contributed by atoms with Gasteiger partial charge in [-0.2, -0.15) is 0 Å². The highest BCUT2D eigenvalue weighted by atomic mass is 16.6. The molecule has 90 heavy (non-hydrogen) atoms. The Morgan fingerprint density at radius 1 is 0.600 bits per heavy atom. The SMILES string of the molecule is Cc1c2oc3c(C)ccc(C(=O)CC4C(=O)NC(C(C)C)C(=O)N5CCCC5C(=O)N(C)CC(=O)N(C)C(C(C)C)C(=O)OC4C)c3cc-2c(C(=O)CC2C(=O)NC(C(C)C)C(=O)N3CCCC3C(=O)N(C)CC(=O)N(C)C(C(C)C)C(=O)OC2C)c(N)c1=O. The van der Waals surface area contributed by atoms with E-state index in [9.17, 15) is 52.7 Å². The van der Waals surface area contributed by atoms with Gasteiger partial charge < -0.3 is 59.7 Å². The molecule has 1 aromatic carbocycles. The first kappa shape index (κ1) is 69.2. The highest BCUT2D eigenvalue weighted by Crippen LogP contribution is 2.39. The van der Waals surface area contributed by atoms with Crippen molar-refractivity contribution in [1.82, 2.24) is 40.0 Å². The van der Waals surface area contributed by atoms with Crippen LogP contribution < -0.4 is 21.8 Å².